The fourth-order valence-electron chi connectivity index (χ4n) is 4.25. The van der Waals surface area contributed by atoms with E-state index in [9.17, 15) is 0 Å². The molecule has 2 aliphatic rings. The number of nitrogen functional groups attached to an aromatic ring is 1. The minimum absolute atomic E-state index is 0.279. The standard InChI is InChI=1S/C16H21N5S.C11H16N2/c1-11-10-18-16(17)20-15(11)19-13-7-4-8-14(9-13)22-21-12-5-2-3-6-12;1-12-7-9-13(10-8-12)11-5-3-2-4-6-11/h4,7-10,12,21H,2-3,5-6H2,1H3,(H3,17,18,19,20);2-6H,7-10H2,1H3. The number of nitrogens with one attached hydrogen (secondary N) is 2. The smallest absolute Gasteiger partial charge is 0.221 e. The molecule has 4 N–H and O–H groups in total. The predicted molar refractivity (Wildman–Crippen MR) is 148 cm³/mol. The van der Waals surface area contributed by atoms with Crippen molar-refractivity contribution in [1.29, 1.82) is 0 Å². The van der Waals surface area contributed by atoms with Gasteiger partial charge >= 0.3 is 0 Å². The van der Waals surface area contributed by atoms with Crippen LogP contribution in [0, 0.1) is 6.92 Å². The average Bonchev–Trinajstić information content (AvgIpc) is 3.41. The summed E-state index contributed by atoms with van der Waals surface area (Å²) < 4.78 is 3.55. The van der Waals surface area contributed by atoms with Crippen molar-refractivity contribution in [3.8, 4) is 0 Å². The maximum Gasteiger partial charge on any atom is 0.221 e. The van der Waals surface area contributed by atoms with Gasteiger partial charge in [0.05, 0.1) is 0 Å². The highest BCUT2D eigenvalue weighted by Gasteiger charge is 2.15. The van der Waals surface area contributed by atoms with Gasteiger partial charge in [-0.15, -0.1) is 0 Å². The number of hydrogen-bond acceptors (Lipinski definition) is 8. The van der Waals surface area contributed by atoms with Crippen molar-refractivity contribution in [2.24, 2.45) is 0 Å². The highest BCUT2D eigenvalue weighted by Crippen LogP contribution is 2.26. The summed E-state index contributed by atoms with van der Waals surface area (Å²) in [7, 11) is 2.18. The van der Waals surface area contributed by atoms with Crippen LogP contribution in [0.4, 0.5) is 23.1 Å². The Balaban J connectivity index is 0.000000189. The van der Waals surface area contributed by atoms with E-state index in [4.69, 9.17) is 5.73 Å². The lowest BCUT2D eigenvalue weighted by Gasteiger charge is -2.33. The first kappa shape index (κ1) is 25.3. The third-order valence-corrected chi connectivity index (χ3v) is 7.35. The normalized spacial score (nSPS) is 16.6. The topological polar surface area (TPSA) is 82.3 Å². The van der Waals surface area contributed by atoms with Crippen molar-refractivity contribution in [3.63, 3.8) is 0 Å². The number of nitrogens with zero attached hydrogens (tertiary/aromatic N) is 4. The number of rotatable bonds is 6. The molecule has 0 amide bonds. The summed E-state index contributed by atoms with van der Waals surface area (Å²) >= 11 is 1.70. The van der Waals surface area contributed by atoms with Crippen LogP contribution in [0.25, 0.3) is 0 Å². The van der Waals surface area contributed by atoms with Crippen molar-refractivity contribution in [1.82, 2.24) is 19.6 Å². The second-order valence-electron chi connectivity index (χ2n) is 9.24. The van der Waals surface area contributed by atoms with Gasteiger partial charge in [0.15, 0.2) is 0 Å². The molecule has 3 aromatic rings. The molecule has 0 bridgehead atoms. The van der Waals surface area contributed by atoms with E-state index < -0.39 is 0 Å². The number of piperazine rings is 1. The molecule has 0 atom stereocenters. The van der Waals surface area contributed by atoms with E-state index in [1.807, 2.05) is 19.1 Å². The summed E-state index contributed by atoms with van der Waals surface area (Å²) in [4.78, 5) is 14.2. The number of aromatic nitrogens is 2. The summed E-state index contributed by atoms with van der Waals surface area (Å²) in [5, 5.41) is 3.31. The van der Waals surface area contributed by atoms with Gasteiger partial charge in [-0.3, -0.25) is 4.72 Å². The van der Waals surface area contributed by atoms with Crippen LogP contribution >= 0.6 is 11.9 Å². The number of anilines is 4. The Kier molecular flexibility index (Phi) is 9.22. The van der Waals surface area contributed by atoms with Gasteiger partial charge in [-0.1, -0.05) is 37.1 Å². The molecule has 1 aliphatic heterocycles. The molecule has 35 heavy (non-hydrogen) atoms. The number of benzene rings is 2. The third-order valence-electron chi connectivity index (χ3n) is 6.41. The quantitative estimate of drug-likeness (QED) is 0.412. The van der Waals surface area contributed by atoms with Gasteiger partial charge in [0.25, 0.3) is 0 Å². The minimum Gasteiger partial charge on any atom is -0.369 e. The van der Waals surface area contributed by atoms with E-state index in [-0.39, 0.29) is 5.95 Å². The Morgan fingerprint density at radius 2 is 1.71 bits per heavy atom. The lowest BCUT2D eigenvalue weighted by molar-refractivity contribution is 0.313. The monoisotopic (exact) mass is 491 g/mol. The number of likely N-dealkylation sites (N-methyl/N-ethyl adjacent to an activating group) is 1. The van der Waals surface area contributed by atoms with Crippen molar-refractivity contribution in [3.05, 3.63) is 66.4 Å². The van der Waals surface area contributed by atoms with Gasteiger partial charge in [0.1, 0.15) is 5.82 Å². The van der Waals surface area contributed by atoms with Crippen molar-refractivity contribution >= 4 is 35.1 Å². The number of nitrogens with two attached hydrogens (primary N) is 1. The summed E-state index contributed by atoms with van der Waals surface area (Å²) in [5.74, 6) is 1.03. The SMILES string of the molecule is CN1CCN(c2ccccc2)CC1.Cc1cnc(N)nc1Nc1cccc(SNC2CCCC2)c1. The zero-order valence-electron chi connectivity index (χ0n) is 20.8. The van der Waals surface area contributed by atoms with Crippen LogP contribution in [-0.2, 0) is 0 Å². The highest BCUT2D eigenvalue weighted by atomic mass is 32.2. The van der Waals surface area contributed by atoms with Gasteiger partial charge in [0, 0.05) is 60.3 Å². The molecule has 2 fully saturated rings. The minimum atomic E-state index is 0.279. The maximum atomic E-state index is 5.65. The largest absolute Gasteiger partial charge is 0.369 e. The van der Waals surface area contributed by atoms with E-state index in [0.29, 0.717) is 6.04 Å². The molecular formula is C27H37N7S. The Labute approximate surface area is 213 Å². The first-order valence-corrected chi connectivity index (χ1v) is 13.3. The van der Waals surface area contributed by atoms with Crippen LogP contribution in [0.5, 0.6) is 0 Å². The van der Waals surface area contributed by atoms with E-state index >= 15 is 0 Å². The van der Waals surface area contributed by atoms with Crippen LogP contribution in [0.3, 0.4) is 0 Å². The van der Waals surface area contributed by atoms with Crippen LogP contribution in [0.1, 0.15) is 31.2 Å². The zero-order chi connectivity index (χ0) is 24.5. The third kappa shape index (κ3) is 7.85. The first-order valence-electron chi connectivity index (χ1n) is 12.4. The molecule has 1 saturated carbocycles. The molecule has 0 unspecified atom stereocenters. The molecule has 5 rings (SSSR count). The lowest BCUT2D eigenvalue weighted by atomic mass is 10.2. The number of aryl methyl sites for hydroxylation is 1. The number of para-hydroxylation sites is 1. The molecular weight excluding hydrogens is 454 g/mol. The molecule has 2 aromatic carbocycles. The fraction of sp³-hybridized carbons (Fsp3) is 0.407. The summed E-state index contributed by atoms with van der Waals surface area (Å²) in [5.41, 5.74) is 8.98. The van der Waals surface area contributed by atoms with E-state index in [1.54, 1.807) is 18.1 Å². The average molecular weight is 492 g/mol. The van der Waals surface area contributed by atoms with Gasteiger partial charge in [-0.25, -0.2) is 4.98 Å². The molecule has 186 valence electrons. The Bertz CT molecular complexity index is 1050. The molecule has 1 aromatic heterocycles. The fourth-order valence-corrected chi connectivity index (χ4v) is 5.13. The van der Waals surface area contributed by atoms with Gasteiger partial charge in [-0.2, -0.15) is 4.98 Å². The second kappa shape index (κ2) is 12.8. The summed E-state index contributed by atoms with van der Waals surface area (Å²) in [6.45, 7) is 6.62. The maximum absolute atomic E-state index is 5.65. The first-order chi connectivity index (χ1) is 17.1. The zero-order valence-corrected chi connectivity index (χ0v) is 21.6. The summed E-state index contributed by atoms with van der Waals surface area (Å²) in [6, 6.07) is 19.6. The van der Waals surface area contributed by atoms with Crippen LogP contribution in [0.15, 0.2) is 65.7 Å². The van der Waals surface area contributed by atoms with Crippen LogP contribution < -0.4 is 20.7 Å². The van der Waals surface area contributed by atoms with Gasteiger partial charge < -0.3 is 20.9 Å². The molecule has 0 spiro atoms. The Morgan fingerprint density at radius 3 is 2.46 bits per heavy atom. The van der Waals surface area contributed by atoms with E-state index in [0.717, 1.165) is 30.2 Å². The molecule has 1 aliphatic carbocycles. The Hall–Kier alpha value is -2.81. The van der Waals surface area contributed by atoms with Crippen molar-refractivity contribution < 1.29 is 0 Å². The molecule has 0 radical (unpaired) electrons. The van der Waals surface area contributed by atoms with E-state index in [2.05, 4.69) is 79.3 Å². The van der Waals surface area contributed by atoms with Crippen LogP contribution in [-0.4, -0.2) is 54.1 Å². The predicted octanol–water partition coefficient (Wildman–Crippen LogP) is 5.09. The molecule has 7 nitrogen and oxygen atoms in total. The molecule has 8 heteroatoms. The molecule has 1 saturated heterocycles. The van der Waals surface area contributed by atoms with Crippen molar-refractivity contribution in [2.75, 3.05) is 49.2 Å². The molecule has 2 heterocycles. The van der Waals surface area contributed by atoms with E-state index in [1.165, 1.54) is 49.4 Å². The lowest BCUT2D eigenvalue weighted by Crippen LogP contribution is -2.44. The van der Waals surface area contributed by atoms with Gasteiger partial charge in [-0.05, 0) is 69.1 Å². The number of hydrogen-bond donors (Lipinski definition) is 3. The Morgan fingerprint density at radius 1 is 0.971 bits per heavy atom. The van der Waals surface area contributed by atoms with Gasteiger partial charge in [0.2, 0.25) is 5.95 Å². The van der Waals surface area contributed by atoms with Crippen LogP contribution in [0.2, 0.25) is 0 Å². The second-order valence-corrected chi connectivity index (χ2v) is 10.2. The van der Waals surface area contributed by atoms with Crippen molar-refractivity contribution in [2.45, 2.75) is 43.5 Å². The highest BCUT2D eigenvalue weighted by molar-refractivity contribution is 7.97. The summed E-state index contributed by atoms with van der Waals surface area (Å²) in [6.07, 6.45) is 6.97.